The quantitative estimate of drug-likeness (QED) is 0.572. The molecule has 36 heavy (non-hydrogen) atoms. The van der Waals surface area contributed by atoms with Crippen LogP contribution in [-0.2, 0) is 9.53 Å². The van der Waals surface area contributed by atoms with Crippen LogP contribution in [-0.4, -0.2) is 39.8 Å². The minimum absolute atomic E-state index is 0.0777. The number of carbonyl (C=O) groups excluding carboxylic acids is 2. The summed E-state index contributed by atoms with van der Waals surface area (Å²) in [7, 11) is 0. The molecule has 4 fully saturated rings. The Bertz CT molecular complexity index is 1280. The zero-order valence-electron chi connectivity index (χ0n) is 21.1. The van der Waals surface area contributed by atoms with Crippen molar-refractivity contribution in [3.63, 3.8) is 0 Å². The maximum Gasteiger partial charge on any atom is 0.408 e. The van der Waals surface area contributed by atoms with E-state index >= 15 is 0 Å². The Morgan fingerprint density at radius 1 is 1.14 bits per heavy atom. The highest BCUT2D eigenvalue weighted by atomic mass is 19.1. The molecule has 7 nitrogen and oxygen atoms in total. The number of aromatic nitrogens is 1. The minimum Gasteiger partial charge on any atom is -0.486 e. The SMILES string of the molecule is CC(C(=O)NC12CC(NC(=O)OC(C)(C)C)(C1)C2)[C@@H]1C2=C[C@H](Oc3ccnc4ccc(F)cc34)C[C@H]21. The van der Waals surface area contributed by atoms with Gasteiger partial charge in [-0.25, -0.2) is 9.18 Å². The Labute approximate surface area is 209 Å². The number of pyridine rings is 1. The van der Waals surface area contributed by atoms with Gasteiger partial charge in [0.1, 0.15) is 23.3 Å². The van der Waals surface area contributed by atoms with Crippen molar-refractivity contribution in [3.8, 4) is 5.75 Å². The van der Waals surface area contributed by atoms with Crippen LogP contribution in [0, 0.1) is 23.6 Å². The predicted octanol–water partition coefficient (Wildman–Crippen LogP) is 4.65. The number of allylic oxidation sites excluding steroid dienone is 1. The normalized spacial score (nSPS) is 32.4. The molecule has 5 aliphatic carbocycles. The number of rotatable bonds is 6. The van der Waals surface area contributed by atoms with E-state index in [0.29, 0.717) is 22.6 Å². The molecule has 2 aromatic rings. The van der Waals surface area contributed by atoms with Crippen molar-refractivity contribution >= 4 is 22.9 Å². The van der Waals surface area contributed by atoms with Crippen molar-refractivity contribution < 1.29 is 23.5 Å². The van der Waals surface area contributed by atoms with Crippen LogP contribution in [0.5, 0.6) is 5.75 Å². The summed E-state index contributed by atoms with van der Waals surface area (Å²) >= 11 is 0. The highest BCUT2D eigenvalue weighted by Crippen LogP contribution is 2.61. The second-order valence-electron chi connectivity index (χ2n) is 12.2. The van der Waals surface area contributed by atoms with Gasteiger partial charge in [-0.05, 0) is 88.6 Å². The van der Waals surface area contributed by atoms with Crippen molar-refractivity contribution in [2.45, 2.75) is 76.2 Å². The Morgan fingerprint density at radius 2 is 1.86 bits per heavy atom. The number of alkyl carbamates (subject to hydrolysis) is 1. The largest absolute Gasteiger partial charge is 0.486 e. The third kappa shape index (κ3) is 4.00. The van der Waals surface area contributed by atoms with E-state index in [4.69, 9.17) is 9.47 Å². The Hall–Kier alpha value is -3.16. The third-order valence-electron chi connectivity index (χ3n) is 8.08. The van der Waals surface area contributed by atoms with Crippen molar-refractivity contribution in [2.75, 3.05) is 0 Å². The zero-order chi connectivity index (χ0) is 25.5. The Kier molecular flexibility index (Phi) is 4.95. The number of amides is 2. The molecular formula is C28H32FN3O4. The van der Waals surface area contributed by atoms with Gasteiger partial charge in [-0.1, -0.05) is 12.5 Å². The average Bonchev–Trinajstić information content (AvgIpc) is 3.24. The van der Waals surface area contributed by atoms with E-state index in [1.807, 2.05) is 27.7 Å². The minimum atomic E-state index is -0.528. The highest BCUT2D eigenvalue weighted by molar-refractivity contribution is 5.85. The molecule has 2 N–H and O–H groups in total. The molecule has 1 aromatic carbocycles. The van der Waals surface area contributed by atoms with Crippen LogP contribution in [0.4, 0.5) is 9.18 Å². The van der Waals surface area contributed by atoms with Crippen LogP contribution in [0.2, 0.25) is 0 Å². The lowest BCUT2D eigenvalue weighted by molar-refractivity contribution is -0.144. The van der Waals surface area contributed by atoms with E-state index in [2.05, 4.69) is 21.7 Å². The molecule has 0 spiro atoms. The van der Waals surface area contributed by atoms with Gasteiger partial charge in [0.15, 0.2) is 0 Å². The summed E-state index contributed by atoms with van der Waals surface area (Å²) in [6.07, 6.45) is 6.42. The summed E-state index contributed by atoms with van der Waals surface area (Å²) in [4.78, 5) is 29.4. The number of carbonyl (C=O) groups is 2. The van der Waals surface area contributed by atoms with Gasteiger partial charge in [0, 0.05) is 23.0 Å². The molecule has 2 amide bonds. The topological polar surface area (TPSA) is 89.6 Å². The van der Waals surface area contributed by atoms with Gasteiger partial charge in [-0.15, -0.1) is 0 Å². The number of halogens is 1. The van der Waals surface area contributed by atoms with Gasteiger partial charge in [-0.2, -0.15) is 0 Å². The standard InChI is InChI=1S/C28H32FN3O4/c1-15(24(33)31-27-12-28(13-27,14-27)32-25(34)36-26(2,3)4)23-18-10-17(11-19(18)23)35-22-7-8-30-21-6-5-16(29)9-20(21)22/h5-10,15,17,19,23H,11-14H2,1-4H3,(H,31,33)(H,32,34)/t15?,17-,19+,23+,27?,28?/m0/s1. The van der Waals surface area contributed by atoms with E-state index in [0.717, 1.165) is 25.7 Å². The van der Waals surface area contributed by atoms with Crippen molar-refractivity contribution in [3.05, 3.63) is 47.9 Å². The maximum atomic E-state index is 13.7. The summed E-state index contributed by atoms with van der Waals surface area (Å²) < 4.78 is 25.3. The highest BCUT2D eigenvalue weighted by Gasteiger charge is 2.70. The van der Waals surface area contributed by atoms with E-state index < -0.39 is 11.7 Å². The average molecular weight is 494 g/mol. The summed E-state index contributed by atoms with van der Waals surface area (Å²) in [6, 6.07) is 6.27. The molecule has 7 rings (SSSR count). The second-order valence-corrected chi connectivity index (χ2v) is 12.2. The Balaban J connectivity index is 1.01. The van der Waals surface area contributed by atoms with Gasteiger partial charge in [0.25, 0.3) is 0 Å². The monoisotopic (exact) mass is 493 g/mol. The van der Waals surface area contributed by atoms with Crippen molar-refractivity contribution in [1.29, 1.82) is 0 Å². The molecule has 0 aliphatic heterocycles. The molecule has 2 bridgehead atoms. The second kappa shape index (κ2) is 7.67. The van der Waals surface area contributed by atoms with E-state index in [1.54, 1.807) is 18.3 Å². The molecule has 1 unspecified atom stereocenters. The van der Waals surface area contributed by atoms with Gasteiger partial charge in [0.05, 0.1) is 11.1 Å². The summed E-state index contributed by atoms with van der Waals surface area (Å²) in [6.45, 7) is 7.53. The van der Waals surface area contributed by atoms with Crippen molar-refractivity contribution in [2.24, 2.45) is 17.8 Å². The van der Waals surface area contributed by atoms with Gasteiger partial charge >= 0.3 is 6.09 Å². The first-order valence-electron chi connectivity index (χ1n) is 12.7. The fourth-order valence-electron chi connectivity index (χ4n) is 6.60. The number of hydrogen-bond acceptors (Lipinski definition) is 5. The molecule has 1 heterocycles. The number of benzene rings is 1. The molecule has 190 valence electrons. The third-order valence-corrected chi connectivity index (χ3v) is 8.08. The first-order valence-corrected chi connectivity index (χ1v) is 12.7. The Morgan fingerprint density at radius 3 is 2.53 bits per heavy atom. The van der Waals surface area contributed by atoms with Crippen LogP contribution in [0.3, 0.4) is 0 Å². The van der Waals surface area contributed by atoms with Crippen LogP contribution in [0.15, 0.2) is 42.1 Å². The first kappa shape index (κ1) is 23.3. The van der Waals surface area contributed by atoms with Crippen LogP contribution >= 0.6 is 0 Å². The fourth-order valence-corrected chi connectivity index (χ4v) is 6.60. The van der Waals surface area contributed by atoms with Crippen LogP contribution < -0.4 is 15.4 Å². The molecule has 0 saturated heterocycles. The summed E-state index contributed by atoms with van der Waals surface area (Å²) in [5.41, 5.74) is 1.03. The lowest BCUT2D eigenvalue weighted by atomic mass is 9.44. The lowest BCUT2D eigenvalue weighted by Crippen LogP contribution is -2.84. The lowest BCUT2D eigenvalue weighted by Gasteiger charge is -2.70. The molecule has 5 aliphatic rings. The molecule has 0 radical (unpaired) electrons. The summed E-state index contributed by atoms with van der Waals surface area (Å²) in [5, 5.41) is 6.91. The van der Waals surface area contributed by atoms with Crippen LogP contribution in [0.1, 0.15) is 53.4 Å². The molecule has 4 saturated carbocycles. The van der Waals surface area contributed by atoms with Gasteiger partial charge in [-0.3, -0.25) is 9.78 Å². The number of nitrogens with one attached hydrogen (secondary N) is 2. The fraction of sp³-hybridized carbons (Fsp3) is 0.536. The molecule has 1 aromatic heterocycles. The number of fused-ring (bicyclic) bond motifs is 2. The smallest absolute Gasteiger partial charge is 0.408 e. The zero-order valence-corrected chi connectivity index (χ0v) is 21.1. The van der Waals surface area contributed by atoms with E-state index in [9.17, 15) is 14.0 Å². The summed E-state index contributed by atoms with van der Waals surface area (Å²) in [5.74, 6) is 0.882. The maximum absolute atomic E-state index is 13.7. The van der Waals surface area contributed by atoms with E-state index in [1.165, 1.54) is 17.7 Å². The predicted molar refractivity (Wildman–Crippen MR) is 132 cm³/mol. The van der Waals surface area contributed by atoms with Gasteiger partial charge < -0.3 is 20.1 Å². The van der Waals surface area contributed by atoms with Crippen molar-refractivity contribution in [1.82, 2.24) is 15.6 Å². The number of ether oxygens (including phenoxy) is 2. The molecule has 4 atom stereocenters. The molecular weight excluding hydrogens is 461 g/mol. The first-order chi connectivity index (χ1) is 16.9. The molecule has 8 heteroatoms. The van der Waals surface area contributed by atoms with Gasteiger partial charge in [0.2, 0.25) is 5.91 Å². The number of nitrogens with zero attached hydrogens (tertiary/aromatic N) is 1. The number of hydrogen-bond donors (Lipinski definition) is 2. The van der Waals surface area contributed by atoms with Crippen LogP contribution in [0.25, 0.3) is 10.9 Å². The van der Waals surface area contributed by atoms with E-state index in [-0.39, 0.29) is 40.7 Å².